The summed E-state index contributed by atoms with van der Waals surface area (Å²) in [7, 11) is 0. The number of nitrogens with zero attached hydrogens (tertiary/aromatic N) is 1. The fourth-order valence-corrected chi connectivity index (χ4v) is 5.62. The summed E-state index contributed by atoms with van der Waals surface area (Å²) in [6, 6.07) is 6.80. The van der Waals surface area contributed by atoms with Crippen LogP contribution in [-0.4, -0.2) is 29.1 Å². The van der Waals surface area contributed by atoms with Crippen molar-refractivity contribution in [1.82, 2.24) is 4.90 Å². The standard InChI is InChI=1S/C20H27NO/c1-14(2)13-21-10-9-20-8-4-3-5-17(20)19(21)11-15-6-7-16(22)12-18(15)20/h6-7,12,17,19,22H,1,3-5,8-11,13H2,2H3/t17-,19-,20-/m0/s1. The van der Waals surface area contributed by atoms with Crippen LogP contribution < -0.4 is 0 Å². The Hall–Kier alpha value is -1.28. The van der Waals surface area contributed by atoms with Crippen LogP contribution >= 0.6 is 0 Å². The molecule has 3 atom stereocenters. The van der Waals surface area contributed by atoms with Gasteiger partial charge in [-0.05, 0) is 68.3 Å². The maximum absolute atomic E-state index is 10.0. The topological polar surface area (TPSA) is 23.5 Å². The number of benzene rings is 1. The maximum atomic E-state index is 10.0. The van der Waals surface area contributed by atoms with Gasteiger partial charge in [0.05, 0.1) is 0 Å². The first-order chi connectivity index (χ1) is 10.6. The molecule has 1 aliphatic heterocycles. The highest BCUT2D eigenvalue weighted by atomic mass is 16.3. The molecule has 1 N–H and O–H groups in total. The monoisotopic (exact) mass is 297 g/mol. The highest BCUT2D eigenvalue weighted by molar-refractivity contribution is 5.45. The van der Waals surface area contributed by atoms with E-state index < -0.39 is 0 Å². The number of rotatable bonds is 2. The van der Waals surface area contributed by atoms with Crippen molar-refractivity contribution >= 4 is 0 Å². The number of likely N-dealkylation sites (tertiary alicyclic amines) is 1. The molecule has 0 amide bonds. The van der Waals surface area contributed by atoms with Crippen molar-refractivity contribution in [3.63, 3.8) is 0 Å². The van der Waals surface area contributed by atoms with Gasteiger partial charge in [0.2, 0.25) is 0 Å². The highest BCUT2D eigenvalue weighted by Gasteiger charge is 2.53. The van der Waals surface area contributed by atoms with Crippen molar-refractivity contribution < 1.29 is 5.11 Å². The summed E-state index contributed by atoms with van der Waals surface area (Å²) in [5.41, 5.74) is 4.57. The zero-order valence-corrected chi connectivity index (χ0v) is 13.6. The van der Waals surface area contributed by atoms with E-state index in [1.54, 1.807) is 0 Å². The molecular formula is C20H27NO. The minimum Gasteiger partial charge on any atom is -0.508 e. The van der Waals surface area contributed by atoms with Crippen LogP contribution in [0.4, 0.5) is 0 Å². The Kier molecular flexibility index (Phi) is 3.34. The number of hydrogen-bond donors (Lipinski definition) is 1. The van der Waals surface area contributed by atoms with E-state index in [0.717, 1.165) is 18.9 Å². The zero-order valence-electron chi connectivity index (χ0n) is 13.6. The Morgan fingerprint density at radius 3 is 3.05 bits per heavy atom. The first-order valence-electron chi connectivity index (χ1n) is 8.81. The van der Waals surface area contributed by atoms with Gasteiger partial charge >= 0.3 is 0 Å². The molecule has 1 heterocycles. The third kappa shape index (κ3) is 2.04. The van der Waals surface area contributed by atoms with Gasteiger partial charge < -0.3 is 5.11 Å². The molecule has 1 aromatic rings. The second-order valence-corrected chi connectivity index (χ2v) is 7.80. The van der Waals surface area contributed by atoms with Crippen LogP contribution in [0.3, 0.4) is 0 Å². The van der Waals surface area contributed by atoms with Crippen LogP contribution in [0.2, 0.25) is 0 Å². The predicted molar refractivity (Wildman–Crippen MR) is 90.2 cm³/mol. The normalized spacial score (nSPS) is 33.9. The Morgan fingerprint density at radius 1 is 1.36 bits per heavy atom. The van der Waals surface area contributed by atoms with E-state index in [-0.39, 0.29) is 0 Å². The van der Waals surface area contributed by atoms with E-state index in [1.807, 2.05) is 6.07 Å². The van der Waals surface area contributed by atoms with Gasteiger partial charge in [0.15, 0.2) is 0 Å². The molecule has 2 heteroatoms. The average Bonchev–Trinajstić information content (AvgIpc) is 2.50. The van der Waals surface area contributed by atoms with Crippen molar-refractivity contribution in [3.8, 4) is 5.75 Å². The van der Waals surface area contributed by atoms with Gasteiger partial charge in [0.1, 0.15) is 5.75 Å². The number of phenolic OH excluding ortho intramolecular Hbond substituents is 1. The lowest BCUT2D eigenvalue weighted by Gasteiger charge is -2.59. The average molecular weight is 297 g/mol. The number of aromatic hydroxyl groups is 1. The molecule has 2 aliphatic carbocycles. The van der Waals surface area contributed by atoms with Crippen molar-refractivity contribution in [1.29, 1.82) is 0 Å². The summed E-state index contributed by atoms with van der Waals surface area (Å²) >= 11 is 0. The highest BCUT2D eigenvalue weighted by Crippen LogP contribution is 2.56. The Balaban J connectivity index is 1.80. The molecule has 0 radical (unpaired) electrons. The van der Waals surface area contributed by atoms with Crippen LogP contribution in [-0.2, 0) is 11.8 Å². The van der Waals surface area contributed by atoms with Crippen molar-refractivity contribution in [2.45, 2.75) is 56.9 Å². The van der Waals surface area contributed by atoms with Gasteiger partial charge in [0, 0.05) is 18.0 Å². The van der Waals surface area contributed by atoms with Gasteiger partial charge in [-0.25, -0.2) is 0 Å². The van der Waals surface area contributed by atoms with E-state index >= 15 is 0 Å². The summed E-state index contributed by atoms with van der Waals surface area (Å²) in [6.45, 7) is 8.52. The van der Waals surface area contributed by atoms with Crippen LogP contribution in [0.25, 0.3) is 0 Å². The predicted octanol–water partition coefficient (Wildman–Crippen LogP) is 4.03. The summed E-state index contributed by atoms with van der Waals surface area (Å²) in [5, 5.41) is 10.0. The van der Waals surface area contributed by atoms with E-state index in [4.69, 9.17) is 0 Å². The first-order valence-corrected chi connectivity index (χ1v) is 8.81. The van der Waals surface area contributed by atoms with E-state index in [9.17, 15) is 5.11 Å². The fourth-order valence-electron chi connectivity index (χ4n) is 5.62. The number of fused-ring (bicyclic) bond motifs is 1. The lowest BCUT2D eigenvalue weighted by molar-refractivity contribution is -0.00642. The second-order valence-electron chi connectivity index (χ2n) is 7.80. The van der Waals surface area contributed by atoms with Gasteiger partial charge in [0.25, 0.3) is 0 Å². The number of phenols is 1. The third-order valence-electron chi connectivity index (χ3n) is 6.41. The van der Waals surface area contributed by atoms with Crippen molar-refractivity contribution in [2.75, 3.05) is 13.1 Å². The Morgan fingerprint density at radius 2 is 2.23 bits per heavy atom. The van der Waals surface area contributed by atoms with Gasteiger partial charge in [-0.3, -0.25) is 4.90 Å². The molecule has 22 heavy (non-hydrogen) atoms. The summed E-state index contributed by atoms with van der Waals surface area (Å²) in [5.74, 6) is 1.21. The molecule has 118 valence electrons. The molecule has 2 fully saturated rings. The molecule has 0 unspecified atom stereocenters. The molecule has 4 rings (SSSR count). The molecule has 1 saturated carbocycles. The smallest absolute Gasteiger partial charge is 0.115 e. The quantitative estimate of drug-likeness (QED) is 0.833. The third-order valence-corrected chi connectivity index (χ3v) is 6.41. The van der Waals surface area contributed by atoms with E-state index in [1.165, 1.54) is 55.3 Å². The van der Waals surface area contributed by atoms with Crippen molar-refractivity contribution in [3.05, 3.63) is 41.5 Å². The molecule has 2 nitrogen and oxygen atoms in total. The number of piperidine rings is 1. The lowest BCUT2D eigenvalue weighted by Crippen LogP contribution is -2.61. The Labute approximate surface area is 133 Å². The van der Waals surface area contributed by atoms with Gasteiger partial charge in [-0.1, -0.05) is 31.1 Å². The van der Waals surface area contributed by atoms with Crippen LogP contribution in [0.5, 0.6) is 5.75 Å². The lowest BCUT2D eigenvalue weighted by atomic mass is 9.52. The summed E-state index contributed by atoms with van der Waals surface area (Å²) < 4.78 is 0. The number of hydrogen-bond acceptors (Lipinski definition) is 2. The Bertz CT molecular complexity index is 608. The van der Waals surface area contributed by atoms with Crippen molar-refractivity contribution in [2.24, 2.45) is 5.92 Å². The molecule has 0 spiro atoms. The van der Waals surface area contributed by atoms with E-state index in [0.29, 0.717) is 17.2 Å². The van der Waals surface area contributed by atoms with Gasteiger partial charge in [-0.2, -0.15) is 0 Å². The van der Waals surface area contributed by atoms with Gasteiger partial charge in [-0.15, -0.1) is 0 Å². The first kappa shape index (κ1) is 14.3. The minimum absolute atomic E-state index is 0.334. The molecule has 3 aliphatic rings. The van der Waals surface area contributed by atoms with Crippen LogP contribution in [0, 0.1) is 5.92 Å². The zero-order chi connectivity index (χ0) is 15.3. The molecule has 0 aromatic heterocycles. The molecular weight excluding hydrogens is 270 g/mol. The van der Waals surface area contributed by atoms with Crippen LogP contribution in [0.1, 0.15) is 50.2 Å². The fraction of sp³-hybridized carbons (Fsp3) is 0.600. The summed E-state index contributed by atoms with van der Waals surface area (Å²) in [4.78, 5) is 2.69. The SMILES string of the molecule is C=C(C)CN1CC[C@@]23CCCC[C@H]2[C@@H]1Cc1ccc(O)cc13. The van der Waals surface area contributed by atoms with E-state index in [2.05, 4.69) is 30.5 Å². The minimum atomic E-state index is 0.334. The molecule has 1 aromatic carbocycles. The maximum Gasteiger partial charge on any atom is 0.115 e. The largest absolute Gasteiger partial charge is 0.508 e. The second kappa shape index (κ2) is 5.13. The molecule has 1 saturated heterocycles. The summed E-state index contributed by atoms with van der Waals surface area (Å²) in [6.07, 6.45) is 7.78. The van der Waals surface area contributed by atoms with Crippen LogP contribution in [0.15, 0.2) is 30.4 Å². The molecule has 2 bridgehead atoms.